The third-order valence-electron chi connectivity index (χ3n) is 3.14. The van der Waals surface area contributed by atoms with E-state index in [0.717, 1.165) is 4.47 Å². The second-order valence-electron chi connectivity index (χ2n) is 4.25. The van der Waals surface area contributed by atoms with Crippen LogP contribution in [0.2, 0.25) is 0 Å². The summed E-state index contributed by atoms with van der Waals surface area (Å²) in [5.74, 6) is -0.485. The largest absolute Gasteiger partial charge is 0.292 e. The molecule has 0 aliphatic heterocycles. The van der Waals surface area contributed by atoms with Gasteiger partial charge in [-0.1, -0.05) is 40.2 Å². The molecule has 3 nitrogen and oxygen atoms in total. The highest BCUT2D eigenvalue weighted by atomic mass is 79.9. The first kappa shape index (κ1) is 12.7. The minimum absolute atomic E-state index is 0.243. The van der Waals surface area contributed by atoms with E-state index in [2.05, 4.69) is 36.8 Å². The van der Waals surface area contributed by atoms with Crippen LogP contribution in [0.5, 0.6) is 0 Å². The first-order valence-electron chi connectivity index (χ1n) is 5.53. The second kappa shape index (κ2) is 4.35. The lowest BCUT2D eigenvalue weighted by Crippen LogP contribution is -2.31. The van der Waals surface area contributed by atoms with Crippen LogP contribution in [0.1, 0.15) is 26.3 Å². The van der Waals surface area contributed by atoms with Crippen molar-refractivity contribution in [1.29, 1.82) is 0 Å². The molecule has 1 heterocycles. The Balaban J connectivity index is 2.23. The van der Waals surface area contributed by atoms with Crippen LogP contribution in [0.25, 0.3) is 0 Å². The average molecular weight is 381 g/mol. The van der Waals surface area contributed by atoms with Crippen LogP contribution in [0, 0.1) is 0 Å². The zero-order valence-corrected chi connectivity index (χ0v) is 12.7. The number of carbonyl (C=O) groups is 2. The van der Waals surface area contributed by atoms with Crippen molar-refractivity contribution in [1.82, 2.24) is 4.98 Å². The van der Waals surface area contributed by atoms with E-state index < -0.39 is 4.32 Å². The van der Waals surface area contributed by atoms with Gasteiger partial charge in [0.25, 0.3) is 0 Å². The van der Waals surface area contributed by atoms with Gasteiger partial charge in [-0.05, 0) is 22.0 Å². The summed E-state index contributed by atoms with van der Waals surface area (Å²) in [6.45, 7) is 0. The Morgan fingerprint density at radius 3 is 2.11 bits per heavy atom. The standard InChI is InChI=1S/C14H7Br2NO2/c15-9-5-8(6-17-7-9)14(16)12(18)10-3-1-2-4-11(10)13(14)19/h1-7H. The van der Waals surface area contributed by atoms with Gasteiger partial charge in [-0.2, -0.15) is 0 Å². The molecule has 0 atom stereocenters. The van der Waals surface area contributed by atoms with Gasteiger partial charge in [0.05, 0.1) is 0 Å². The van der Waals surface area contributed by atoms with Gasteiger partial charge in [-0.25, -0.2) is 0 Å². The van der Waals surface area contributed by atoms with Crippen molar-refractivity contribution in [2.24, 2.45) is 0 Å². The van der Waals surface area contributed by atoms with Crippen molar-refractivity contribution in [3.63, 3.8) is 0 Å². The average Bonchev–Trinajstić information content (AvgIpc) is 2.63. The SMILES string of the molecule is O=C1c2ccccc2C(=O)C1(Br)c1cncc(Br)c1. The highest BCUT2D eigenvalue weighted by Crippen LogP contribution is 2.44. The minimum Gasteiger partial charge on any atom is -0.292 e. The molecule has 0 fully saturated rings. The third-order valence-corrected chi connectivity index (χ3v) is 4.76. The molecule has 0 spiro atoms. The molecule has 1 aliphatic rings. The van der Waals surface area contributed by atoms with Crippen molar-refractivity contribution in [3.05, 3.63) is 63.9 Å². The molecule has 1 aromatic carbocycles. The monoisotopic (exact) mass is 379 g/mol. The highest BCUT2D eigenvalue weighted by molar-refractivity contribution is 9.10. The van der Waals surface area contributed by atoms with Gasteiger partial charge in [0, 0.05) is 33.6 Å². The number of hydrogen-bond donors (Lipinski definition) is 0. The summed E-state index contributed by atoms with van der Waals surface area (Å²) in [5, 5.41) is 0. The molecule has 1 aliphatic carbocycles. The Bertz CT molecular complexity index is 677. The van der Waals surface area contributed by atoms with Gasteiger partial charge in [0.15, 0.2) is 15.9 Å². The normalized spacial score (nSPS) is 16.5. The topological polar surface area (TPSA) is 47.0 Å². The van der Waals surface area contributed by atoms with Gasteiger partial charge >= 0.3 is 0 Å². The molecule has 0 saturated heterocycles. The van der Waals surface area contributed by atoms with E-state index in [1.165, 1.54) is 6.20 Å². The number of benzene rings is 1. The number of fused-ring (bicyclic) bond motifs is 1. The molecule has 0 bridgehead atoms. The maximum absolute atomic E-state index is 12.5. The molecule has 0 radical (unpaired) electrons. The van der Waals surface area contributed by atoms with Gasteiger partial charge in [-0.3, -0.25) is 14.6 Å². The summed E-state index contributed by atoms with van der Waals surface area (Å²) in [5.41, 5.74) is 1.43. The zero-order chi connectivity index (χ0) is 13.6. The van der Waals surface area contributed by atoms with Crippen LogP contribution in [-0.2, 0) is 4.32 Å². The molecule has 0 unspecified atom stereocenters. The number of hydrogen-bond acceptors (Lipinski definition) is 3. The molecule has 5 heteroatoms. The number of ketones is 2. The molecule has 0 saturated carbocycles. The van der Waals surface area contributed by atoms with Crippen LogP contribution < -0.4 is 0 Å². The number of carbonyl (C=O) groups excluding carboxylic acids is 2. The zero-order valence-electron chi connectivity index (χ0n) is 9.56. The fourth-order valence-corrected chi connectivity index (χ4v) is 3.22. The predicted octanol–water partition coefficient (Wildman–Crippen LogP) is 3.51. The fourth-order valence-electron chi connectivity index (χ4n) is 2.22. The number of alkyl halides is 1. The number of pyridine rings is 1. The Hall–Kier alpha value is -1.33. The van der Waals surface area contributed by atoms with Crippen molar-refractivity contribution in [2.45, 2.75) is 4.32 Å². The summed E-state index contributed by atoms with van der Waals surface area (Å²) >= 11 is 6.64. The van der Waals surface area contributed by atoms with Gasteiger partial charge in [0.2, 0.25) is 0 Å². The summed E-state index contributed by atoms with van der Waals surface area (Å²) in [6.07, 6.45) is 3.14. The Morgan fingerprint density at radius 2 is 1.58 bits per heavy atom. The van der Waals surface area contributed by atoms with E-state index >= 15 is 0 Å². The predicted molar refractivity (Wildman–Crippen MR) is 77.6 cm³/mol. The second-order valence-corrected chi connectivity index (χ2v) is 6.36. The molecule has 2 aromatic rings. The van der Waals surface area contributed by atoms with E-state index in [0.29, 0.717) is 16.7 Å². The molecule has 0 amide bonds. The number of aromatic nitrogens is 1. The van der Waals surface area contributed by atoms with E-state index in [4.69, 9.17) is 0 Å². The smallest absolute Gasteiger partial charge is 0.192 e. The first-order valence-corrected chi connectivity index (χ1v) is 7.12. The summed E-state index contributed by atoms with van der Waals surface area (Å²) < 4.78 is -0.631. The van der Waals surface area contributed by atoms with E-state index in [-0.39, 0.29) is 11.6 Å². The molecule has 94 valence electrons. The van der Waals surface area contributed by atoms with Crippen molar-refractivity contribution >= 4 is 43.4 Å². The fraction of sp³-hybridized carbons (Fsp3) is 0.0714. The Kier molecular flexibility index (Phi) is 2.91. The number of nitrogens with zero attached hydrogens (tertiary/aromatic N) is 1. The van der Waals surface area contributed by atoms with Crippen LogP contribution in [-0.4, -0.2) is 16.6 Å². The van der Waals surface area contributed by atoms with Crippen molar-refractivity contribution in [3.8, 4) is 0 Å². The summed E-state index contributed by atoms with van der Waals surface area (Å²) in [6, 6.07) is 8.57. The van der Waals surface area contributed by atoms with Crippen molar-refractivity contribution < 1.29 is 9.59 Å². The Morgan fingerprint density at radius 1 is 1.00 bits per heavy atom. The summed E-state index contributed by atoms with van der Waals surface area (Å²) in [4.78, 5) is 29.1. The van der Waals surface area contributed by atoms with E-state index in [1.54, 1.807) is 36.5 Å². The van der Waals surface area contributed by atoms with Gasteiger partial charge < -0.3 is 0 Å². The maximum atomic E-state index is 12.5. The number of rotatable bonds is 1. The number of Topliss-reactive ketones (excluding diaryl/α,β-unsaturated/α-hetero) is 2. The van der Waals surface area contributed by atoms with Crippen LogP contribution >= 0.6 is 31.9 Å². The first-order chi connectivity index (χ1) is 9.05. The lowest BCUT2D eigenvalue weighted by atomic mass is 9.95. The van der Waals surface area contributed by atoms with Gasteiger partial charge in [0.1, 0.15) is 0 Å². The van der Waals surface area contributed by atoms with Crippen molar-refractivity contribution in [2.75, 3.05) is 0 Å². The van der Waals surface area contributed by atoms with Crippen LogP contribution in [0.4, 0.5) is 0 Å². The Labute approximate surface area is 126 Å². The molecular weight excluding hydrogens is 374 g/mol. The maximum Gasteiger partial charge on any atom is 0.192 e. The molecular formula is C14H7Br2NO2. The minimum atomic E-state index is -1.35. The molecule has 1 aromatic heterocycles. The lowest BCUT2D eigenvalue weighted by molar-refractivity contribution is 0.0871. The van der Waals surface area contributed by atoms with Crippen LogP contribution in [0.3, 0.4) is 0 Å². The molecule has 0 N–H and O–H groups in total. The lowest BCUT2D eigenvalue weighted by Gasteiger charge is -2.18. The van der Waals surface area contributed by atoms with Crippen LogP contribution in [0.15, 0.2) is 47.2 Å². The van der Waals surface area contributed by atoms with Gasteiger partial charge in [-0.15, -0.1) is 0 Å². The third kappa shape index (κ3) is 1.72. The highest BCUT2D eigenvalue weighted by Gasteiger charge is 2.52. The quantitative estimate of drug-likeness (QED) is 0.561. The number of halogens is 2. The summed E-state index contributed by atoms with van der Waals surface area (Å²) in [7, 11) is 0. The van der Waals surface area contributed by atoms with E-state index in [9.17, 15) is 9.59 Å². The van der Waals surface area contributed by atoms with E-state index in [1.807, 2.05) is 0 Å². The molecule has 19 heavy (non-hydrogen) atoms. The molecule has 3 rings (SSSR count).